The van der Waals surface area contributed by atoms with Crippen molar-refractivity contribution < 1.29 is 23.1 Å². The summed E-state index contributed by atoms with van der Waals surface area (Å²) in [5.74, 6) is -1.17. The van der Waals surface area contributed by atoms with E-state index in [0.29, 0.717) is 13.0 Å². The van der Waals surface area contributed by atoms with Crippen molar-refractivity contribution in [3.05, 3.63) is 48.2 Å². The number of hydrogen-bond donors (Lipinski definition) is 1. The van der Waals surface area contributed by atoms with Crippen LogP contribution in [0.1, 0.15) is 5.56 Å². The zero-order valence-electron chi connectivity index (χ0n) is 13.5. The third kappa shape index (κ3) is 3.89. The van der Waals surface area contributed by atoms with Crippen LogP contribution in [0.4, 0.5) is 0 Å². The highest BCUT2D eigenvalue weighted by Gasteiger charge is 2.35. The average Bonchev–Trinajstić information content (AvgIpc) is 3.10. The maximum atomic E-state index is 12.9. The van der Waals surface area contributed by atoms with Gasteiger partial charge in [-0.15, -0.1) is 0 Å². The van der Waals surface area contributed by atoms with E-state index in [1.165, 1.54) is 16.9 Å². The van der Waals surface area contributed by atoms with Gasteiger partial charge in [-0.2, -0.15) is 9.40 Å². The predicted octanol–water partition coefficient (Wildman–Crippen LogP) is 0.600. The van der Waals surface area contributed by atoms with Crippen LogP contribution in [0.25, 0.3) is 0 Å². The molecule has 1 unspecified atom stereocenters. The predicted molar refractivity (Wildman–Crippen MR) is 88.5 cm³/mol. The van der Waals surface area contributed by atoms with Gasteiger partial charge >= 0.3 is 5.97 Å². The molecule has 0 saturated carbocycles. The van der Waals surface area contributed by atoms with Gasteiger partial charge in [-0.1, -0.05) is 30.3 Å². The molecule has 2 aromatic rings. The molecule has 25 heavy (non-hydrogen) atoms. The molecular formula is C16H19N3O5S. The first-order valence-electron chi connectivity index (χ1n) is 7.89. The van der Waals surface area contributed by atoms with E-state index in [2.05, 4.69) is 5.10 Å². The van der Waals surface area contributed by atoms with Gasteiger partial charge in [0.25, 0.3) is 10.0 Å². The van der Waals surface area contributed by atoms with Gasteiger partial charge in [-0.3, -0.25) is 4.68 Å². The van der Waals surface area contributed by atoms with Gasteiger partial charge in [0.2, 0.25) is 0 Å². The van der Waals surface area contributed by atoms with Crippen molar-refractivity contribution in [3.8, 4) is 0 Å². The minimum atomic E-state index is -3.83. The molecule has 134 valence electrons. The number of sulfonamides is 1. The molecule has 1 fully saturated rings. The third-order valence-electron chi connectivity index (χ3n) is 4.04. The fraction of sp³-hybridized carbons (Fsp3) is 0.375. The van der Waals surface area contributed by atoms with E-state index >= 15 is 0 Å². The van der Waals surface area contributed by atoms with Gasteiger partial charge in [-0.25, -0.2) is 13.2 Å². The second-order valence-corrected chi connectivity index (χ2v) is 7.57. The molecule has 0 aliphatic carbocycles. The van der Waals surface area contributed by atoms with Crippen LogP contribution in [-0.2, 0) is 32.5 Å². The maximum Gasteiger partial charge on any atom is 0.334 e. The number of ether oxygens (including phenoxy) is 1. The number of morpholine rings is 1. The topological polar surface area (TPSA) is 102 Å². The quantitative estimate of drug-likeness (QED) is 0.804. The number of rotatable bonds is 6. The average molecular weight is 365 g/mol. The Kier molecular flexibility index (Phi) is 5.16. The number of aromatic nitrogens is 2. The lowest BCUT2D eigenvalue weighted by atomic mass is 10.1. The molecule has 1 N–H and O–H groups in total. The van der Waals surface area contributed by atoms with Crippen LogP contribution in [0.3, 0.4) is 0 Å². The Morgan fingerprint density at radius 2 is 2.04 bits per heavy atom. The van der Waals surface area contributed by atoms with Crippen LogP contribution in [-0.4, -0.2) is 59.4 Å². The number of benzene rings is 1. The molecule has 0 radical (unpaired) electrons. The Morgan fingerprint density at radius 3 is 2.76 bits per heavy atom. The molecule has 1 atom stereocenters. The van der Waals surface area contributed by atoms with Crippen LogP contribution in [0.5, 0.6) is 0 Å². The number of carbonyl (C=O) groups is 1. The Labute approximate surface area is 145 Å². The Morgan fingerprint density at radius 1 is 1.28 bits per heavy atom. The summed E-state index contributed by atoms with van der Waals surface area (Å²) in [5, 5.41) is 13.2. The minimum absolute atomic E-state index is 0.0499. The van der Waals surface area contributed by atoms with Crippen LogP contribution < -0.4 is 0 Å². The number of aliphatic carboxylic acids is 1. The van der Waals surface area contributed by atoms with Crippen molar-refractivity contribution in [2.24, 2.45) is 0 Å². The Bertz CT molecular complexity index is 834. The molecule has 1 aromatic carbocycles. The highest BCUT2D eigenvalue weighted by molar-refractivity contribution is 7.89. The standard InChI is InChI=1S/C16H19N3O5S/c20-16(21)14-12-18(10-11-24-14)25(22,23)15-6-8-17-19(15)9-7-13-4-2-1-3-5-13/h1-6,8,14H,7,9-12H2,(H,20,21). The van der Waals surface area contributed by atoms with Crippen molar-refractivity contribution >= 4 is 16.0 Å². The van der Waals surface area contributed by atoms with Crippen LogP contribution in [0.2, 0.25) is 0 Å². The monoisotopic (exact) mass is 365 g/mol. The van der Waals surface area contributed by atoms with E-state index in [0.717, 1.165) is 9.87 Å². The summed E-state index contributed by atoms with van der Waals surface area (Å²) in [6.45, 7) is 0.379. The van der Waals surface area contributed by atoms with Crippen LogP contribution in [0.15, 0.2) is 47.6 Å². The number of aryl methyl sites for hydroxylation is 2. The third-order valence-corrected chi connectivity index (χ3v) is 5.93. The number of carboxylic acids is 1. The minimum Gasteiger partial charge on any atom is -0.479 e. The van der Waals surface area contributed by atoms with Gasteiger partial charge in [-0.05, 0) is 18.1 Å². The lowest BCUT2D eigenvalue weighted by Gasteiger charge is -2.30. The van der Waals surface area contributed by atoms with Gasteiger partial charge in [0.15, 0.2) is 11.1 Å². The zero-order valence-corrected chi connectivity index (χ0v) is 14.3. The first-order valence-corrected chi connectivity index (χ1v) is 9.33. The molecule has 1 aliphatic heterocycles. The summed E-state index contributed by atoms with van der Waals surface area (Å²) in [5.41, 5.74) is 1.08. The highest BCUT2D eigenvalue weighted by atomic mass is 32.2. The molecular weight excluding hydrogens is 346 g/mol. The fourth-order valence-electron chi connectivity index (χ4n) is 2.71. The van der Waals surface area contributed by atoms with Gasteiger partial charge < -0.3 is 9.84 Å². The smallest absolute Gasteiger partial charge is 0.334 e. The van der Waals surface area contributed by atoms with Crippen molar-refractivity contribution in [2.45, 2.75) is 24.1 Å². The highest BCUT2D eigenvalue weighted by Crippen LogP contribution is 2.19. The molecule has 2 heterocycles. The SMILES string of the molecule is O=C(O)C1CN(S(=O)(=O)c2ccnn2CCc2ccccc2)CCO1. The van der Waals surface area contributed by atoms with Gasteiger partial charge in [0, 0.05) is 13.1 Å². The van der Waals surface area contributed by atoms with E-state index in [1.807, 2.05) is 30.3 Å². The maximum absolute atomic E-state index is 12.9. The molecule has 0 bridgehead atoms. The molecule has 0 spiro atoms. The van der Waals surface area contributed by atoms with Crippen molar-refractivity contribution in [3.63, 3.8) is 0 Å². The molecule has 9 heteroatoms. The molecule has 1 aromatic heterocycles. The summed E-state index contributed by atoms with van der Waals surface area (Å²) < 4.78 is 33.4. The second-order valence-electron chi connectivity index (χ2n) is 5.69. The zero-order chi connectivity index (χ0) is 17.9. The molecule has 0 amide bonds. The molecule has 8 nitrogen and oxygen atoms in total. The first kappa shape index (κ1) is 17.6. The van der Waals surface area contributed by atoms with Gasteiger partial charge in [0.05, 0.1) is 19.3 Å². The van der Waals surface area contributed by atoms with E-state index in [-0.39, 0.29) is 24.7 Å². The summed E-state index contributed by atoms with van der Waals surface area (Å²) >= 11 is 0. The number of hydrogen-bond acceptors (Lipinski definition) is 5. The summed E-state index contributed by atoms with van der Waals surface area (Å²) in [6.07, 6.45) is 0.933. The van der Waals surface area contributed by atoms with E-state index in [9.17, 15) is 13.2 Å². The lowest BCUT2D eigenvalue weighted by molar-refractivity contribution is -0.153. The molecule has 3 rings (SSSR count). The van der Waals surface area contributed by atoms with Crippen LogP contribution in [0, 0.1) is 0 Å². The lowest BCUT2D eigenvalue weighted by Crippen LogP contribution is -2.48. The molecule has 1 saturated heterocycles. The van der Waals surface area contributed by atoms with Crippen molar-refractivity contribution in [2.75, 3.05) is 19.7 Å². The van der Waals surface area contributed by atoms with E-state index < -0.39 is 22.1 Å². The largest absolute Gasteiger partial charge is 0.479 e. The Balaban J connectivity index is 1.77. The summed E-state index contributed by atoms with van der Waals surface area (Å²) in [4.78, 5) is 11.1. The number of nitrogens with zero attached hydrogens (tertiary/aromatic N) is 3. The van der Waals surface area contributed by atoms with E-state index in [4.69, 9.17) is 9.84 Å². The summed E-state index contributed by atoms with van der Waals surface area (Å²) in [7, 11) is -3.83. The van der Waals surface area contributed by atoms with Crippen molar-refractivity contribution in [1.29, 1.82) is 0 Å². The van der Waals surface area contributed by atoms with Crippen molar-refractivity contribution in [1.82, 2.24) is 14.1 Å². The molecule has 1 aliphatic rings. The van der Waals surface area contributed by atoms with Crippen LogP contribution >= 0.6 is 0 Å². The van der Waals surface area contributed by atoms with E-state index in [1.54, 1.807) is 0 Å². The first-order chi connectivity index (χ1) is 12.0. The normalized spacial score (nSPS) is 19.0. The van der Waals surface area contributed by atoms with Gasteiger partial charge in [0.1, 0.15) is 0 Å². The Hall–Kier alpha value is -2.23. The summed E-state index contributed by atoms with van der Waals surface area (Å²) in [6, 6.07) is 11.1. The fourth-order valence-corrected chi connectivity index (χ4v) is 4.26. The second kappa shape index (κ2) is 7.34. The number of carboxylic acid groups (broad SMARTS) is 1.